The molecule has 18 nitrogen and oxygen atoms in total. The van der Waals surface area contributed by atoms with Gasteiger partial charge in [-0.05, 0) is 117 Å². The quantitative estimate of drug-likeness (QED) is 0.0712. The first-order chi connectivity index (χ1) is 35.2. The molecule has 4 saturated heterocycles. The fourth-order valence-corrected chi connectivity index (χ4v) is 12.9. The minimum atomic E-state index is -2.76. The van der Waals surface area contributed by atoms with Crippen molar-refractivity contribution in [1.82, 2.24) is 34.6 Å². The van der Waals surface area contributed by atoms with Crippen LogP contribution >= 0.6 is 23.1 Å². The van der Waals surface area contributed by atoms with Gasteiger partial charge in [-0.15, -0.1) is 0 Å². The molecule has 2 unspecified atom stereocenters. The number of anilines is 6. The Kier molecular flexibility index (Phi) is 14.4. The first kappa shape index (κ1) is 50.2. The zero-order valence-electron chi connectivity index (χ0n) is 42.1. The van der Waals surface area contributed by atoms with E-state index in [0.29, 0.717) is 84.0 Å². The molecule has 73 heavy (non-hydrogen) atoms. The zero-order valence-corrected chi connectivity index (χ0v) is 44.6. The van der Waals surface area contributed by atoms with E-state index >= 15 is 0 Å². The summed E-state index contributed by atoms with van der Waals surface area (Å²) in [5.74, 6) is 0.107. The number of piperidine rings is 2. The maximum atomic E-state index is 14.0. The minimum Gasteiger partial charge on any atom is -0.492 e. The highest BCUT2D eigenvalue weighted by Gasteiger charge is 2.37. The van der Waals surface area contributed by atoms with Crippen LogP contribution in [0.1, 0.15) is 70.2 Å². The van der Waals surface area contributed by atoms with Crippen molar-refractivity contribution in [3.05, 3.63) is 87.1 Å². The number of hydrogen-bond acceptors (Lipinski definition) is 15. The standard InChI is InChI=1S/C53H63BrN11O7P/c1-6-32-28-40(58-52-55-30-37(54)49(60-52)57-39-15-14-38-36(48(39)73(4,5)70)13-12-34(7-2)56-38)45(71-8-3)29-44(32)62-22-19-35(20-23-62)61-24-26-63(27-25-61)51(68)33-18-21-64(31-33)41-10-9-11-42-47(41)72-53(69)65(42)43-16-17-46(66)59-50(43)67/h9-15,28-30,33,35,43H,6-8,16-27,31H2,1-5H3,(H,59,66,67)(H2,55,57,58,60). The summed E-state index contributed by atoms with van der Waals surface area (Å²) >= 11 is 3.64. The topological polar surface area (TPSA) is 200 Å². The maximum Gasteiger partial charge on any atom is 0.420 e. The molecule has 10 rings (SSSR count). The molecule has 4 fully saturated rings. The van der Waals surface area contributed by atoms with E-state index in [1.54, 1.807) is 25.6 Å². The summed E-state index contributed by atoms with van der Waals surface area (Å²) in [5, 5.41) is 10.8. The molecule has 6 aromatic rings. The molecule has 2 atom stereocenters. The second kappa shape index (κ2) is 20.9. The number of imide groups is 1. The summed E-state index contributed by atoms with van der Waals surface area (Å²) in [5.41, 5.74) is 7.22. The number of amides is 3. The molecule has 384 valence electrons. The lowest BCUT2D eigenvalue weighted by Gasteiger charge is -2.44. The van der Waals surface area contributed by atoms with Gasteiger partial charge in [0.15, 0.2) is 5.58 Å². The van der Waals surface area contributed by atoms with Crippen molar-refractivity contribution in [2.75, 3.05) is 92.7 Å². The summed E-state index contributed by atoms with van der Waals surface area (Å²) in [4.78, 5) is 75.0. The van der Waals surface area contributed by atoms with Crippen LogP contribution in [0.4, 0.5) is 34.5 Å². The third kappa shape index (κ3) is 10.2. The molecule has 0 bridgehead atoms. The van der Waals surface area contributed by atoms with Crippen LogP contribution in [-0.2, 0) is 31.8 Å². The molecular formula is C53H63BrN11O7P. The molecule has 7 heterocycles. The Morgan fingerprint density at radius 2 is 1.64 bits per heavy atom. The van der Waals surface area contributed by atoms with Gasteiger partial charge >= 0.3 is 5.76 Å². The number of hydrogen-bond donors (Lipinski definition) is 3. The number of rotatable bonds is 14. The second-order valence-corrected chi connectivity index (χ2v) is 23.8. The van der Waals surface area contributed by atoms with E-state index in [0.717, 1.165) is 90.8 Å². The smallest absolute Gasteiger partial charge is 0.420 e. The number of piperazine rings is 1. The summed E-state index contributed by atoms with van der Waals surface area (Å²) in [6.45, 7) is 16.2. The van der Waals surface area contributed by atoms with Crippen molar-refractivity contribution in [2.45, 2.75) is 77.8 Å². The van der Waals surface area contributed by atoms with E-state index < -0.39 is 24.8 Å². The van der Waals surface area contributed by atoms with Gasteiger partial charge in [-0.1, -0.05) is 26.0 Å². The third-order valence-electron chi connectivity index (χ3n) is 14.9. The third-order valence-corrected chi connectivity index (χ3v) is 17.0. The number of fused-ring (bicyclic) bond motifs is 2. The number of benzene rings is 3. The lowest BCUT2D eigenvalue weighted by molar-refractivity contribution is -0.137. The van der Waals surface area contributed by atoms with Crippen LogP contribution in [0.5, 0.6) is 5.75 Å². The summed E-state index contributed by atoms with van der Waals surface area (Å²) in [7, 11) is -2.76. The van der Waals surface area contributed by atoms with Crippen LogP contribution in [0.3, 0.4) is 0 Å². The molecule has 0 aliphatic carbocycles. The first-order valence-corrected chi connectivity index (χ1v) is 29.0. The summed E-state index contributed by atoms with van der Waals surface area (Å²) in [6, 6.07) is 17.3. The van der Waals surface area contributed by atoms with E-state index in [4.69, 9.17) is 19.1 Å². The van der Waals surface area contributed by atoms with Gasteiger partial charge in [0.2, 0.25) is 23.7 Å². The van der Waals surface area contributed by atoms with Gasteiger partial charge < -0.3 is 39.1 Å². The number of carbonyl (C=O) groups is 3. The van der Waals surface area contributed by atoms with Crippen molar-refractivity contribution in [2.24, 2.45) is 5.92 Å². The fourth-order valence-electron chi connectivity index (χ4n) is 11.2. The van der Waals surface area contributed by atoms with Crippen LogP contribution in [0.25, 0.3) is 22.0 Å². The van der Waals surface area contributed by atoms with Gasteiger partial charge in [-0.2, -0.15) is 4.98 Å². The van der Waals surface area contributed by atoms with Crippen molar-refractivity contribution in [3.63, 3.8) is 0 Å². The second-order valence-electron chi connectivity index (χ2n) is 19.8. The number of halogens is 1. The molecule has 0 radical (unpaired) electrons. The average Bonchev–Trinajstić information content (AvgIpc) is 4.02. The number of oxazole rings is 1. The number of nitrogens with zero attached hydrogens (tertiary/aromatic N) is 8. The van der Waals surface area contributed by atoms with Crippen molar-refractivity contribution in [3.8, 4) is 5.75 Å². The fraction of sp³-hybridized carbons (Fsp3) is 0.453. The van der Waals surface area contributed by atoms with Crippen LogP contribution in [0, 0.1) is 5.92 Å². The van der Waals surface area contributed by atoms with Crippen LogP contribution in [0.2, 0.25) is 0 Å². The Hall–Kier alpha value is -6.30. The monoisotopic (exact) mass is 1080 g/mol. The average molecular weight is 1080 g/mol. The predicted molar refractivity (Wildman–Crippen MR) is 289 cm³/mol. The van der Waals surface area contributed by atoms with Gasteiger partial charge in [0.05, 0.1) is 45.1 Å². The van der Waals surface area contributed by atoms with Crippen molar-refractivity contribution < 1.29 is 28.1 Å². The highest BCUT2D eigenvalue weighted by molar-refractivity contribution is 9.10. The molecule has 3 aromatic heterocycles. The predicted octanol–water partition coefficient (Wildman–Crippen LogP) is 7.57. The molecule has 4 aliphatic heterocycles. The lowest BCUT2D eigenvalue weighted by atomic mass is 9.99. The number of aryl methyl sites for hydroxylation is 2. The van der Waals surface area contributed by atoms with Gasteiger partial charge in [0.25, 0.3) is 0 Å². The lowest BCUT2D eigenvalue weighted by Crippen LogP contribution is -2.55. The van der Waals surface area contributed by atoms with E-state index in [1.165, 1.54) is 10.1 Å². The molecule has 20 heteroatoms. The highest BCUT2D eigenvalue weighted by Crippen LogP contribution is 2.43. The molecule has 3 N–H and O–H groups in total. The van der Waals surface area contributed by atoms with Crippen LogP contribution in [0.15, 0.2) is 74.5 Å². The molecule has 0 spiro atoms. The molecular weight excluding hydrogens is 1010 g/mol. The molecule has 0 saturated carbocycles. The van der Waals surface area contributed by atoms with Crippen molar-refractivity contribution in [1.29, 1.82) is 0 Å². The number of ether oxygens (including phenoxy) is 1. The number of nitrogens with one attached hydrogen (secondary N) is 3. The van der Waals surface area contributed by atoms with Crippen molar-refractivity contribution >= 4 is 103 Å². The first-order valence-electron chi connectivity index (χ1n) is 25.6. The number of pyridine rings is 1. The van der Waals surface area contributed by atoms with E-state index in [1.807, 2.05) is 48.2 Å². The van der Waals surface area contributed by atoms with Gasteiger partial charge in [-0.25, -0.2) is 9.78 Å². The summed E-state index contributed by atoms with van der Waals surface area (Å²) < 4.78 is 27.8. The largest absolute Gasteiger partial charge is 0.492 e. The Balaban J connectivity index is 0.759. The van der Waals surface area contributed by atoms with E-state index in [-0.39, 0.29) is 30.6 Å². The molecule has 3 aromatic carbocycles. The minimum absolute atomic E-state index is 0.149. The van der Waals surface area contributed by atoms with Gasteiger partial charge in [0, 0.05) is 99.2 Å². The Morgan fingerprint density at radius 3 is 2.37 bits per heavy atom. The van der Waals surface area contributed by atoms with Crippen LogP contribution in [-0.4, -0.2) is 125 Å². The SMILES string of the molecule is CCOc1cc(N2CCC(N3CCN(C(=O)C4CCN(c5cccc6c5oc(=O)n6C5CCC(=O)NC5=O)C4)CC3)CC2)c(CC)cc1Nc1ncc(Br)c(Nc2ccc3nc(CC)ccc3c2P(C)(C)=O)n1. The number of carbonyl (C=O) groups excluding carboxylic acids is 3. The normalized spacial score (nSPS) is 19.2. The zero-order chi connectivity index (χ0) is 51.1. The van der Waals surface area contributed by atoms with Gasteiger partial charge in [-0.3, -0.25) is 34.2 Å². The Morgan fingerprint density at radius 1 is 0.863 bits per heavy atom. The maximum absolute atomic E-state index is 14.0. The molecule has 4 aliphatic rings. The highest BCUT2D eigenvalue weighted by atomic mass is 79.9. The molecule has 3 amide bonds. The number of para-hydroxylation sites is 1. The van der Waals surface area contributed by atoms with E-state index in [2.05, 4.69) is 77.5 Å². The summed E-state index contributed by atoms with van der Waals surface area (Å²) in [6.07, 6.45) is 6.42. The van der Waals surface area contributed by atoms with Gasteiger partial charge in [0.1, 0.15) is 24.8 Å². The van der Waals surface area contributed by atoms with Crippen LogP contribution < -0.4 is 41.5 Å². The van der Waals surface area contributed by atoms with E-state index in [9.17, 15) is 23.7 Å². The Bertz CT molecular complexity index is 3210. The Labute approximate surface area is 432 Å². The number of aromatic nitrogens is 4.